The summed E-state index contributed by atoms with van der Waals surface area (Å²) in [6, 6.07) is 0. The van der Waals surface area contributed by atoms with E-state index in [0.717, 1.165) is 45.3 Å². The summed E-state index contributed by atoms with van der Waals surface area (Å²) in [6.07, 6.45) is 3.32. The van der Waals surface area contributed by atoms with Gasteiger partial charge in [-0.15, -0.1) is 0 Å². The Kier molecular flexibility index (Phi) is 4.70. The second kappa shape index (κ2) is 5.58. The first-order valence-electron chi connectivity index (χ1n) is 5.31. The highest BCUT2D eigenvalue weighted by molar-refractivity contribution is 4.70. The molecule has 0 saturated carbocycles. The van der Waals surface area contributed by atoms with Crippen LogP contribution in [0.5, 0.6) is 0 Å². The molecule has 0 aromatic heterocycles. The van der Waals surface area contributed by atoms with Crippen molar-refractivity contribution in [2.75, 3.05) is 19.6 Å². The maximum Gasteiger partial charge on any atom is 0.0664 e. The number of nitrogens with zero attached hydrogens (tertiary/aromatic N) is 1. The Hall–Kier alpha value is -0.120. The smallest absolute Gasteiger partial charge is 0.0664 e. The highest BCUT2D eigenvalue weighted by atomic mass is 16.3. The first kappa shape index (κ1) is 11.0. The van der Waals surface area contributed by atoms with E-state index in [-0.39, 0.29) is 12.2 Å². The molecule has 1 aliphatic heterocycles. The molecule has 3 nitrogen and oxygen atoms in total. The van der Waals surface area contributed by atoms with Crippen LogP contribution in [0.15, 0.2) is 0 Å². The summed E-state index contributed by atoms with van der Waals surface area (Å²) in [7, 11) is 0. The second-order valence-corrected chi connectivity index (χ2v) is 3.95. The summed E-state index contributed by atoms with van der Waals surface area (Å²) in [6.45, 7) is 4.72. The van der Waals surface area contributed by atoms with Gasteiger partial charge >= 0.3 is 0 Å². The van der Waals surface area contributed by atoms with Gasteiger partial charge in [0.05, 0.1) is 12.2 Å². The summed E-state index contributed by atoms with van der Waals surface area (Å²) in [5, 5.41) is 18.9. The average molecular weight is 187 g/mol. The van der Waals surface area contributed by atoms with Crippen molar-refractivity contribution in [3.8, 4) is 0 Å². The molecule has 2 atom stereocenters. The Morgan fingerprint density at radius 3 is 2.85 bits per heavy atom. The van der Waals surface area contributed by atoms with Gasteiger partial charge < -0.3 is 15.1 Å². The molecule has 0 radical (unpaired) electrons. The standard InChI is InChI=1S/C10H21NO2/c1-2-9(12)8-11-6-3-4-10(13)5-7-11/h9-10,12-13H,2-8H2,1H3. The van der Waals surface area contributed by atoms with Crippen LogP contribution in [0.4, 0.5) is 0 Å². The second-order valence-electron chi connectivity index (χ2n) is 3.95. The van der Waals surface area contributed by atoms with Gasteiger partial charge in [0.15, 0.2) is 0 Å². The van der Waals surface area contributed by atoms with E-state index < -0.39 is 0 Å². The van der Waals surface area contributed by atoms with E-state index in [2.05, 4.69) is 4.90 Å². The first-order valence-corrected chi connectivity index (χ1v) is 5.31. The van der Waals surface area contributed by atoms with Gasteiger partial charge in [-0.1, -0.05) is 6.92 Å². The number of aliphatic hydroxyl groups excluding tert-OH is 2. The van der Waals surface area contributed by atoms with Crippen LogP contribution in [-0.4, -0.2) is 47.0 Å². The zero-order valence-electron chi connectivity index (χ0n) is 8.45. The molecule has 0 aromatic rings. The Labute approximate surface area is 80.4 Å². The topological polar surface area (TPSA) is 43.7 Å². The van der Waals surface area contributed by atoms with Crippen molar-refractivity contribution in [1.29, 1.82) is 0 Å². The predicted molar refractivity (Wildman–Crippen MR) is 52.6 cm³/mol. The largest absolute Gasteiger partial charge is 0.393 e. The van der Waals surface area contributed by atoms with E-state index in [1.807, 2.05) is 6.92 Å². The van der Waals surface area contributed by atoms with E-state index in [9.17, 15) is 10.2 Å². The highest BCUT2D eigenvalue weighted by Gasteiger charge is 2.16. The molecule has 78 valence electrons. The molecule has 0 aromatic carbocycles. The van der Waals surface area contributed by atoms with Crippen molar-refractivity contribution >= 4 is 0 Å². The van der Waals surface area contributed by atoms with Crippen LogP contribution in [-0.2, 0) is 0 Å². The SMILES string of the molecule is CCC(O)CN1CCCC(O)CC1. The molecule has 1 aliphatic rings. The van der Waals surface area contributed by atoms with Gasteiger partial charge in [-0.25, -0.2) is 0 Å². The van der Waals surface area contributed by atoms with Gasteiger partial charge in [0.1, 0.15) is 0 Å². The third-order valence-electron chi connectivity index (χ3n) is 2.73. The molecule has 1 rings (SSSR count). The third kappa shape index (κ3) is 4.07. The van der Waals surface area contributed by atoms with Crippen LogP contribution >= 0.6 is 0 Å². The number of hydrogen-bond acceptors (Lipinski definition) is 3. The molecule has 1 fully saturated rings. The fourth-order valence-corrected chi connectivity index (χ4v) is 1.75. The Balaban J connectivity index is 2.25. The molecule has 2 N–H and O–H groups in total. The zero-order valence-corrected chi connectivity index (χ0v) is 8.45. The van der Waals surface area contributed by atoms with E-state index in [4.69, 9.17) is 0 Å². The molecule has 0 bridgehead atoms. The van der Waals surface area contributed by atoms with Crippen molar-refractivity contribution < 1.29 is 10.2 Å². The number of rotatable bonds is 3. The fraction of sp³-hybridized carbons (Fsp3) is 1.00. The van der Waals surface area contributed by atoms with Gasteiger partial charge in [0, 0.05) is 13.1 Å². The van der Waals surface area contributed by atoms with Crippen molar-refractivity contribution in [3.63, 3.8) is 0 Å². The van der Waals surface area contributed by atoms with E-state index in [1.54, 1.807) is 0 Å². The number of β-amino-alcohol motifs (C(OH)–C–C–N with tert-alkyl or cyclic N) is 1. The van der Waals surface area contributed by atoms with Crippen LogP contribution in [0.25, 0.3) is 0 Å². The van der Waals surface area contributed by atoms with Crippen LogP contribution in [0.2, 0.25) is 0 Å². The quantitative estimate of drug-likeness (QED) is 0.680. The molecule has 2 unspecified atom stereocenters. The lowest BCUT2D eigenvalue weighted by Crippen LogP contribution is -2.33. The third-order valence-corrected chi connectivity index (χ3v) is 2.73. The lowest BCUT2D eigenvalue weighted by molar-refractivity contribution is 0.106. The first-order chi connectivity index (χ1) is 6.22. The lowest BCUT2D eigenvalue weighted by atomic mass is 10.2. The maximum atomic E-state index is 9.46. The molecule has 0 spiro atoms. The van der Waals surface area contributed by atoms with Crippen molar-refractivity contribution in [3.05, 3.63) is 0 Å². The van der Waals surface area contributed by atoms with Gasteiger partial charge in [-0.3, -0.25) is 0 Å². The zero-order chi connectivity index (χ0) is 9.68. The molecular weight excluding hydrogens is 166 g/mol. The normalized spacial score (nSPS) is 28.4. The molecular formula is C10H21NO2. The molecule has 1 saturated heterocycles. The van der Waals surface area contributed by atoms with Gasteiger partial charge in [0.25, 0.3) is 0 Å². The van der Waals surface area contributed by atoms with Gasteiger partial charge in [0.2, 0.25) is 0 Å². The predicted octanol–water partition coefficient (Wildman–Crippen LogP) is 0.604. The maximum absolute atomic E-state index is 9.46. The summed E-state index contributed by atoms with van der Waals surface area (Å²) in [5.41, 5.74) is 0. The minimum absolute atomic E-state index is 0.122. The number of hydrogen-bond donors (Lipinski definition) is 2. The van der Waals surface area contributed by atoms with Crippen molar-refractivity contribution in [2.24, 2.45) is 0 Å². The lowest BCUT2D eigenvalue weighted by Gasteiger charge is -2.22. The van der Waals surface area contributed by atoms with Crippen molar-refractivity contribution in [1.82, 2.24) is 4.90 Å². The van der Waals surface area contributed by atoms with Gasteiger partial charge in [-0.05, 0) is 32.2 Å². The summed E-state index contributed by atoms with van der Waals surface area (Å²) in [4.78, 5) is 2.25. The Morgan fingerprint density at radius 1 is 1.38 bits per heavy atom. The minimum atomic E-state index is -0.199. The Morgan fingerprint density at radius 2 is 2.15 bits per heavy atom. The highest BCUT2D eigenvalue weighted by Crippen LogP contribution is 2.11. The molecule has 13 heavy (non-hydrogen) atoms. The minimum Gasteiger partial charge on any atom is -0.393 e. The average Bonchev–Trinajstić information content (AvgIpc) is 2.31. The van der Waals surface area contributed by atoms with E-state index in [1.165, 1.54) is 0 Å². The molecule has 1 heterocycles. The van der Waals surface area contributed by atoms with Crippen LogP contribution < -0.4 is 0 Å². The Bertz CT molecular complexity index is 141. The number of likely N-dealkylation sites (tertiary alicyclic amines) is 1. The fourth-order valence-electron chi connectivity index (χ4n) is 1.75. The van der Waals surface area contributed by atoms with Crippen molar-refractivity contribution in [2.45, 2.75) is 44.8 Å². The van der Waals surface area contributed by atoms with E-state index >= 15 is 0 Å². The molecule has 3 heteroatoms. The molecule has 0 aliphatic carbocycles. The summed E-state index contributed by atoms with van der Waals surface area (Å²) < 4.78 is 0. The molecule has 0 amide bonds. The number of aliphatic hydroxyl groups is 2. The van der Waals surface area contributed by atoms with Crippen LogP contribution in [0.1, 0.15) is 32.6 Å². The van der Waals surface area contributed by atoms with Crippen LogP contribution in [0.3, 0.4) is 0 Å². The summed E-state index contributed by atoms with van der Waals surface area (Å²) in [5.74, 6) is 0. The van der Waals surface area contributed by atoms with E-state index in [0.29, 0.717) is 0 Å². The summed E-state index contributed by atoms with van der Waals surface area (Å²) >= 11 is 0. The van der Waals surface area contributed by atoms with Crippen LogP contribution in [0, 0.1) is 0 Å². The van der Waals surface area contributed by atoms with Gasteiger partial charge in [-0.2, -0.15) is 0 Å². The monoisotopic (exact) mass is 187 g/mol.